The Labute approximate surface area is 117 Å². The number of ketones is 1. The standard InChI is InChI=1S/C16H15NO3/c1-20-13-5-2-11(3-6-13)17-9-8-16(19)14-10-12(18)4-7-15(14)17/h2-7,10,18H,8-9H2,1H3. The minimum atomic E-state index is 0.0701. The number of fused-ring (bicyclic) bond motifs is 1. The second-order valence-electron chi connectivity index (χ2n) is 4.72. The van der Waals surface area contributed by atoms with Crippen LogP contribution >= 0.6 is 0 Å². The number of hydrogen-bond acceptors (Lipinski definition) is 4. The van der Waals surface area contributed by atoms with Gasteiger partial charge in [-0.15, -0.1) is 0 Å². The van der Waals surface area contributed by atoms with Gasteiger partial charge in [-0.3, -0.25) is 4.79 Å². The van der Waals surface area contributed by atoms with E-state index in [-0.39, 0.29) is 11.5 Å². The number of phenols is 1. The maximum atomic E-state index is 12.0. The highest BCUT2D eigenvalue weighted by molar-refractivity contribution is 6.04. The topological polar surface area (TPSA) is 49.8 Å². The third-order valence-electron chi connectivity index (χ3n) is 3.52. The third kappa shape index (κ3) is 2.09. The predicted octanol–water partition coefficient (Wildman–Crippen LogP) is 3.13. The lowest BCUT2D eigenvalue weighted by Crippen LogP contribution is -2.27. The number of nitrogens with zero attached hydrogens (tertiary/aromatic N) is 1. The maximum absolute atomic E-state index is 12.0. The fourth-order valence-electron chi connectivity index (χ4n) is 2.48. The van der Waals surface area contributed by atoms with Crippen molar-refractivity contribution in [2.24, 2.45) is 0 Å². The van der Waals surface area contributed by atoms with Gasteiger partial charge in [-0.05, 0) is 42.5 Å². The van der Waals surface area contributed by atoms with Crippen molar-refractivity contribution in [3.8, 4) is 11.5 Å². The molecule has 102 valence electrons. The predicted molar refractivity (Wildman–Crippen MR) is 77.1 cm³/mol. The van der Waals surface area contributed by atoms with Gasteiger partial charge in [-0.2, -0.15) is 0 Å². The Balaban J connectivity index is 2.03. The lowest BCUT2D eigenvalue weighted by Gasteiger charge is -2.30. The van der Waals surface area contributed by atoms with Gasteiger partial charge >= 0.3 is 0 Å². The average Bonchev–Trinajstić information content (AvgIpc) is 2.48. The summed E-state index contributed by atoms with van der Waals surface area (Å²) >= 11 is 0. The molecule has 2 aromatic carbocycles. The first-order valence-corrected chi connectivity index (χ1v) is 6.47. The molecule has 4 nitrogen and oxygen atoms in total. The summed E-state index contributed by atoms with van der Waals surface area (Å²) in [6.45, 7) is 0.642. The fourth-order valence-corrected chi connectivity index (χ4v) is 2.48. The first-order valence-electron chi connectivity index (χ1n) is 6.47. The first kappa shape index (κ1) is 12.5. The monoisotopic (exact) mass is 269 g/mol. The molecule has 1 aliphatic heterocycles. The average molecular weight is 269 g/mol. The SMILES string of the molecule is COc1ccc(N2CCC(=O)c3cc(O)ccc32)cc1. The first-order chi connectivity index (χ1) is 9.69. The largest absolute Gasteiger partial charge is 0.508 e. The smallest absolute Gasteiger partial charge is 0.166 e. The fraction of sp³-hybridized carbons (Fsp3) is 0.188. The number of phenolic OH excluding ortho intramolecular Hbond substituents is 1. The molecule has 0 amide bonds. The summed E-state index contributed by atoms with van der Waals surface area (Å²) in [5.41, 5.74) is 2.42. The second kappa shape index (κ2) is 4.89. The molecule has 0 saturated carbocycles. The van der Waals surface area contributed by atoms with Gasteiger partial charge in [0, 0.05) is 24.2 Å². The second-order valence-corrected chi connectivity index (χ2v) is 4.72. The number of hydrogen-bond donors (Lipinski definition) is 1. The van der Waals surface area contributed by atoms with Crippen molar-refractivity contribution in [3.05, 3.63) is 48.0 Å². The number of aromatic hydroxyl groups is 1. The molecule has 0 saturated heterocycles. The number of benzene rings is 2. The number of ether oxygens (including phenoxy) is 1. The molecule has 0 fully saturated rings. The van der Waals surface area contributed by atoms with Crippen LogP contribution in [-0.2, 0) is 0 Å². The minimum absolute atomic E-state index is 0.0701. The lowest BCUT2D eigenvalue weighted by atomic mass is 9.99. The molecule has 0 aliphatic carbocycles. The van der Waals surface area contributed by atoms with Crippen molar-refractivity contribution in [2.45, 2.75) is 6.42 Å². The van der Waals surface area contributed by atoms with E-state index in [2.05, 4.69) is 4.90 Å². The van der Waals surface area contributed by atoms with Crippen LogP contribution in [0.5, 0.6) is 11.5 Å². The zero-order valence-electron chi connectivity index (χ0n) is 11.2. The maximum Gasteiger partial charge on any atom is 0.166 e. The third-order valence-corrected chi connectivity index (χ3v) is 3.52. The molecule has 2 aromatic rings. The van der Waals surface area contributed by atoms with Gasteiger partial charge in [-0.1, -0.05) is 0 Å². The van der Waals surface area contributed by atoms with E-state index in [9.17, 15) is 9.90 Å². The number of rotatable bonds is 2. The zero-order chi connectivity index (χ0) is 14.1. The van der Waals surface area contributed by atoms with Crippen molar-refractivity contribution >= 4 is 17.2 Å². The highest BCUT2D eigenvalue weighted by Gasteiger charge is 2.24. The van der Waals surface area contributed by atoms with Crippen LogP contribution in [0.2, 0.25) is 0 Å². The van der Waals surface area contributed by atoms with Crippen molar-refractivity contribution in [1.82, 2.24) is 0 Å². The van der Waals surface area contributed by atoms with Crippen LogP contribution in [-0.4, -0.2) is 24.5 Å². The van der Waals surface area contributed by atoms with Crippen LogP contribution in [0, 0.1) is 0 Å². The Kier molecular flexibility index (Phi) is 3.06. The van der Waals surface area contributed by atoms with E-state index in [1.54, 1.807) is 19.2 Å². The van der Waals surface area contributed by atoms with Gasteiger partial charge in [0.2, 0.25) is 0 Å². The molecule has 1 aliphatic rings. The molecule has 0 bridgehead atoms. The molecule has 0 radical (unpaired) electrons. The Morgan fingerprint density at radius 1 is 1.15 bits per heavy atom. The summed E-state index contributed by atoms with van der Waals surface area (Å²) in [7, 11) is 1.63. The number of carbonyl (C=O) groups is 1. The number of Topliss-reactive ketones (excluding diaryl/α,β-unsaturated/α-hetero) is 1. The quantitative estimate of drug-likeness (QED) is 0.910. The van der Waals surface area contributed by atoms with Crippen LogP contribution in [0.15, 0.2) is 42.5 Å². The Morgan fingerprint density at radius 2 is 1.90 bits per heavy atom. The molecule has 1 heterocycles. The van der Waals surface area contributed by atoms with Crippen LogP contribution < -0.4 is 9.64 Å². The van der Waals surface area contributed by atoms with Crippen molar-refractivity contribution in [3.63, 3.8) is 0 Å². The molecule has 20 heavy (non-hydrogen) atoms. The molecule has 4 heteroatoms. The summed E-state index contributed by atoms with van der Waals surface area (Å²) in [6, 6.07) is 12.6. The Hall–Kier alpha value is -2.49. The minimum Gasteiger partial charge on any atom is -0.508 e. The van der Waals surface area contributed by atoms with Gasteiger partial charge in [0.15, 0.2) is 5.78 Å². The van der Waals surface area contributed by atoms with E-state index in [0.29, 0.717) is 18.5 Å². The Morgan fingerprint density at radius 3 is 2.60 bits per heavy atom. The van der Waals surface area contributed by atoms with Gasteiger partial charge in [0.25, 0.3) is 0 Å². The van der Waals surface area contributed by atoms with Gasteiger partial charge in [0.1, 0.15) is 11.5 Å². The molecular weight excluding hydrogens is 254 g/mol. The summed E-state index contributed by atoms with van der Waals surface area (Å²) < 4.78 is 5.15. The van der Waals surface area contributed by atoms with Gasteiger partial charge < -0.3 is 14.7 Å². The lowest BCUT2D eigenvalue weighted by molar-refractivity contribution is 0.0981. The number of anilines is 2. The van der Waals surface area contributed by atoms with Crippen molar-refractivity contribution in [2.75, 3.05) is 18.6 Å². The van der Waals surface area contributed by atoms with Gasteiger partial charge in [-0.25, -0.2) is 0 Å². The highest BCUT2D eigenvalue weighted by Crippen LogP contribution is 2.35. The van der Waals surface area contributed by atoms with Gasteiger partial charge in [0.05, 0.1) is 12.8 Å². The van der Waals surface area contributed by atoms with E-state index in [0.717, 1.165) is 17.1 Å². The van der Waals surface area contributed by atoms with Crippen LogP contribution in [0.4, 0.5) is 11.4 Å². The highest BCUT2D eigenvalue weighted by atomic mass is 16.5. The molecule has 0 aromatic heterocycles. The van der Waals surface area contributed by atoms with E-state index in [4.69, 9.17) is 4.74 Å². The van der Waals surface area contributed by atoms with E-state index >= 15 is 0 Å². The van der Waals surface area contributed by atoms with E-state index < -0.39 is 0 Å². The zero-order valence-corrected chi connectivity index (χ0v) is 11.2. The van der Waals surface area contributed by atoms with E-state index in [1.807, 2.05) is 24.3 Å². The number of carbonyl (C=O) groups excluding carboxylic acids is 1. The summed E-state index contributed by atoms with van der Waals surface area (Å²) in [5, 5.41) is 9.54. The summed E-state index contributed by atoms with van der Waals surface area (Å²) in [6.07, 6.45) is 0.447. The van der Waals surface area contributed by atoms with Crippen molar-refractivity contribution < 1.29 is 14.6 Å². The van der Waals surface area contributed by atoms with Crippen LogP contribution in [0.1, 0.15) is 16.8 Å². The summed E-state index contributed by atoms with van der Waals surface area (Å²) in [4.78, 5) is 14.0. The Bertz CT molecular complexity index is 649. The van der Waals surface area contributed by atoms with Crippen molar-refractivity contribution in [1.29, 1.82) is 0 Å². The van der Waals surface area contributed by atoms with Crippen LogP contribution in [0.25, 0.3) is 0 Å². The molecule has 0 spiro atoms. The molecule has 0 unspecified atom stereocenters. The molecular formula is C16H15NO3. The molecule has 0 atom stereocenters. The molecule has 1 N–H and O–H groups in total. The van der Waals surface area contributed by atoms with Crippen LogP contribution in [0.3, 0.4) is 0 Å². The number of methoxy groups -OCH3 is 1. The normalized spacial score (nSPS) is 14.1. The van der Waals surface area contributed by atoms with E-state index in [1.165, 1.54) is 6.07 Å². The summed E-state index contributed by atoms with van der Waals surface area (Å²) in [5.74, 6) is 0.988. The molecule has 3 rings (SSSR count).